The second-order valence-corrected chi connectivity index (χ2v) is 4.95. The Morgan fingerprint density at radius 1 is 1.48 bits per heavy atom. The number of ether oxygens (including phenoxy) is 1. The van der Waals surface area contributed by atoms with Crippen molar-refractivity contribution in [3.63, 3.8) is 0 Å². The minimum absolute atomic E-state index is 0.0298. The van der Waals surface area contributed by atoms with E-state index in [1.807, 2.05) is 37.3 Å². The van der Waals surface area contributed by atoms with E-state index >= 15 is 0 Å². The molecule has 0 bridgehead atoms. The van der Waals surface area contributed by atoms with Crippen molar-refractivity contribution in [1.29, 1.82) is 5.26 Å². The van der Waals surface area contributed by atoms with Gasteiger partial charge in [0.1, 0.15) is 11.6 Å². The lowest BCUT2D eigenvalue weighted by Gasteiger charge is -2.06. The van der Waals surface area contributed by atoms with Gasteiger partial charge in [-0.1, -0.05) is 12.1 Å². The van der Waals surface area contributed by atoms with Gasteiger partial charge in [-0.3, -0.25) is 4.79 Å². The number of nitriles is 1. The summed E-state index contributed by atoms with van der Waals surface area (Å²) in [5.74, 6) is -0.395. The molecule has 0 atom stereocenters. The molecule has 0 saturated heterocycles. The van der Waals surface area contributed by atoms with Crippen molar-refractivity contribution in [1.82, 2.24) is 5.32 Å². The summed E-state index contributed by atoms with van der Waals surface area (Å²) >= 11 is 3.38. The number of hydrogen-bond donors (Lipinski definition) is 2. The average molecular weight is 352 g/mol. The maximum Gasteiger partial charge on any atom is 0.263 e. The highest BCUT2D eigenvalue weighted by atomic mass is 79.9. The zero-order valence-electron chi connectivity index (χ0n) is 11.9. The van der Waals surface area contributed by atoms with Crippen molar-refractivity contribution in [2.45, 2.75) is 13.3 Å². The van der Waals surface area contributed by atoms with Crippen molar-refractivity contribution in [3.05, 3.63) is 40.5 Å². The summed E-state index contributed by atoms with van der Waals surface area (Å²) in [5, 5.41) is 14.6. The fourth-order valence-electron chi connectivity index (χ4n) is 1.49. The van der Waals surface area contributed by atoms with Crippen LogP contribution in [0.3, 0.4) is 0 Å². The van der Waals surface area contributed by atoms with Crippen LogP contribution in [0.4, 0.5) is 5.69 Å². The number of halogens is 1. The maximum absolute atomic E-state index is 11.8. The van der Waals surface area contributed by atoms with Crippen molar-refractivity contribution < 1.29 is 9.53 Å². The number of benzene rings is 1. The Labute approximate surface area is 133 Å². The lowest BCUT2D eigenvalue weighted by atomic mass is 10.2. The SMILES string of the molecule is CCOCCCNC(=O)/C(C#N)=C\Nc1ccccc1Br. The highest BCUT2D eigenvalue weighted by molar-refractivity contribution is 9.10. The molecule has 0 saturated carbocycles. The standard InChI is InChI=1S/C15H18BrN3O2/c1-2-21-9-5-8-18-15(20)12(10-17)11-19-14-7-4-3-6-13(14)16/h3-4,6-7,11,19H,2,5,8-9H2,1H3,(H,18,20)/b12-11-. The topological polar surface area (TPSA) is 74.1 Å². The number of nitrogens with one attached hydrogen (secondary N) is 2. The number of rotatable bonds is 8. The molecule has 21 heavy (non-hydrogen) atoms. The number of carbonyl (C=O) groups is 1. The van der Waals surface area contributed by atoms with Gasteiger partial charge in [0.15, 0.2) is 0 Å². The molecule has 1 rings (SSSR count). The summed E-state index contributed by atoms with van der Waals surface area (Å²) in [7, 11) is 0. The van der Waals surface area contributed by atoms with Crippen LogP contribution < -0.4 is 10.6 Å². The van der Waals surface area contributed by atoms with Crippen LogP contribution >= 0.6 is 15.9 Å². The lowest BCUT2D eigenvalue weighted by Crippen LogP contribution is -2.26. The van der Waals surface area contributed by atoms with Gasteiger partial charge in [-0.15, -0.1) is 0 Å². The van der Waals surface area contributed by atoms with Gasteiger partial charge < -0.3 is 15.4 Å². The zero-order valence-corrected chi connectivity index (χ0v) is 13.4. The van der Waals surface area contributed by atoms with Crippen LogP contribution in [0.25, 0.3) is 0 Å². The molecule has 1 aromatic rings. The quantitative estimate of drug-likeness (QED) is 0.429. The van der Waals surface area contributed by atoms with E-state index in [4.69, 9.17) is 10.00 Å². The van der Waals surface area contributed by atoms with Crippen LogP contribution in [-0.2, 0) is 9.53 Å². The van der Waals surface area contributed by atoms with E-state index in [1.54, 1.807) is 0 Å². The van der Waals surface area contributed by atoms with Crippen LogP contribution in [0.2, 0.25) is 0 Å². The molecule has 0 fully saturated rings. The summed E-state index contributed by atoms with van der Waals surface area (Å²) in [6.07, 6.45) is 2.12. The van der Waals surface area contributed by atoms with Gasteiger partial charge in [0.2, 0.25) is 0 Å². The third kappa shape index (κ3) is 6.43. The first-order valence-electron chi connectivity index (χ1n) is 6.66. The molecule has 0 spiro atoms. The van der Waals surface area contributed by atoms with Crippen LogP contribution in [0.1, 0.15) is 13.3 Å². The Morgan fingerprint density at radius 3 is 2.90 bits per heavy atom. The van der Waals surface area contributed by atoms with Gasteiger partial charge in [0.05, 0.1) is 5.69 Å². The molecule has 5 nitrogen and oxygen atoms in total. The molecule has 1 amide bonds. The molecular formula is C15H18BrN3O2. The summed E-state index contributed by atoms with van der Waals surface area (Å²) in [5.41, 5.74) is 0.816. The van der Waals surface area contributed by atoms with Crippen LogP contribution in [0.15, 0.2) is 40.5 Å². The van der Waals surface area contributed by atoms with E-state index in [0.29, 0.717) is 19.8 Å². The molecular weight excluding hydrogens is 334 g/mol. The number of hydrogen-bond acceptors (Lipinski definition) is 4. The third-order valence-corrected chi connectivity index (χ3v) is 3.26. The van der Waals surface area contributed by atoms with Crippen LogP contribution in [-0.4, -0.2) is 25.7 Å². The minimum Gasteiger partial charge on any atom is -0.382 e. The second kappa shape index (κ2) is 9.97. The highest BCUT2D eigenvalue weighted by Gasteiger charge is 2.08. The normalized spacial score (nSPS) is 10.8. The lowest BCUT2D eigenvalue weighted by molar-refractivity contribution is -0.117. The molecule has 2 N–H and O–H groups in total. The van der Waals surface area contributed by atoms with Crippen molar-refractivity contribution in [2.75, 3.05) is 25.1 Å². The average Bonchev–Trinajstić information content (AvgIpc) is 2.49. The minimum atomic E-state index is -0.395. The Bertz CT molecular complexity index is 538. The molecule has 0 aromatic heterocycles. The van der Waals surface area contributed by atoms with E-state index < -0.39 is 5.91 Å². The molecule has 0 aliphatic rings. The number of carbonyl (C=O) groups excluding carboxylic acids is 1. The summed E-state index contributed by atoms with van der Waals surface area (Å²) < 4.78 is 6.03. The first-order valence-corrected chi connectivity index (χ1v) is 7.45. The van der Waals surface area contributed by atoms with Crippen molar-refractivity contribution in [2.24, 2.45) is 0 Å². The predicted molar refractivity (Wildman–Crippen MR) is 85.6 cm³/mol. The molecule has 0 unspecified atom stereocenters. The number of anilines is 1. The van der Waals surface area contributed by atoms with E-state index in [-0.39, 0.29) is 5.57 Å². The Morgan fingerprint density at radius 2 is 2.24 bits per heavy atom. The van der Waals surface area contributed by atoms with E-state index in [9.17, 15) is 4.79 Å². The number of amides is 1. The predicted octanol–water partition coefficient (Wildman–Crippen LogP) is 2.81. The highest BCUT2D eigenvalue weighted by Crippen LogP contribution is 2.21. The van der Waals surface area contributed by atoms with E-state index in [2.05, 4.69) is 26.6 Å². The van der Waals surface area contributed by atoms with Crippen molar-refractivity contribution in [3.8, 4) is 6.07 Å². The van der Waals surface area contributed by atoms with Gasteiger partial charge in [0.25, 0.3) is 5.91 Å². The summed E-state index contributed by atoms with van der Waals surface area (Å²) in [6.45, 7) is 3.65. The molecule has 0 aliphatic carbocycles. The maximum atomic E-state index is 11.8. The van der Waals surface area contributed by atoms with Gasteiger partial charge in [0, 0.05) is 30.4 Å². The van der Waals surface area contributed by atoms with Gasteiger partial charge >= 0.3 is 0 Å². The van der Waals surface area contributed by atoms with E-state index in [1.165, 1.54) is 6.20 Å². The number of nitrogens with zero attached hydrogens (tertiary/aromatic N) is 1. The monoisotopic (exact) mass is 351 g/mol. The second-order valence-electron chi connectivity index (χ2n) is 4.10. The van der Waals surface area contributed by atoms with Gasteiger partial charge in [-0.05, 0) is 41.4 Å². The van der Waals surface area contributed by atoms with Crippen LogP contribution in [0, 0.1) is 11.3 Å². The first-order chi connectivity index (χ1) is 10.2. The zero-order chi connectivity index (χ0) is 15.5. The fourth-order valence-corrected chi connectivity index (χ4v) is 1.89. The molecule has 0 radical (unpaired) electrons. The Balaban J connectivity index is 2.50. The summed E-state index contributed by atoms with van der Waals surface area (Å²) in [4.78, 5) is 11.8. The van der Waals surface area contributed by atoms with Gasteiger partial charge in [-0.2, -0.15) is 5.26 Å². The Kier molecular flexibility index (Phi) is 8.17. The summed E-state index contributed by atoms with van der Waals surface area (Å²) in [6, 6.07) is 9.34. The van der Waals surface area contributed by atoms with Crippen LogP contribution in [0.5, 0.6) is 0 Å². The van der Waals surface area contributed by atoms with E-state index in [0.717, 1.165) is 16.6 Å². The molecule has 112 valence electrons. The molecule has 0 aliphatic heterocycles. The molecule has 0 heterocycles. The first kappa shape index (κ1) is 17.2. The van der Waals surface area contributed by atoms with Gasteiger partial charge in [-0.25, -0.2) is 0 Å². The number of para-hydroxylation sites is 1. The smallest absolute Gasteiger partial charge is 0.263 e. The Hall–Kier alpha value is -1.84. The molecule has 1 aromatic carbocycles. The third-order valence-electron chi connectivity index (χ3n) is 2.57. The largest absolute Gasteiger partial charge is 0.382 e. The molecule has 6 heteroatoms. The van der Waals surface area contributed by atoms with Crippen molar-refractivity contribution >= 4 is 27.5 Å². The fraction of sp³-hybridized carbons (Fsp3) is 0.333.